The summed E-state index contributed by atoms with van der Waals surface area (Å²) in [4.78, 5) is 0. The molecule has 2 aromatic carbocycles. The van der Waals surface area contributed by atoms with E-state index in [1.807, 2.05) is 30.3 Å². The van der Waals surface area contributed by atoms with Gasteiger partial charge in [-0.1, -0.05) is 36.4 Å². The molecule has 0 amide bonds. The molecule has 3 heteroatoms. The maximum Gasteiger partial charge on any atom is 0.415 e. The van der Waals surface area contributed by atoms with Crippen molar-refractivity contribution in [2.24, 2.45) is 0 Å². The van der Waals surface area contributed by atoms with E-state index in [-0.39, 0.29) is 0 Å². The number of benzene rings is 2. The van der Waals surface area contributed by atoms with E-state index in [2.05, 4.69) is 24.3 Å². The fourth-order valence-corrected chi connectivity index (χ4v) is 4.46. The third-order valence-corrected chi connectivity index (χ3v) is 5.67. The maximum absolute atomic E-state index is 6.48. The second-order valence-electron chi connectivity index (χ2n) is 3.90. The topological polar surface area (TPSA) is 9.23 Å². The van der Waals surface area contributed by atoms with Gasteiger partial charge in [0.05, 0.1) is 0 Å². The highest BCUT2D eigenvalue weighted by molar-refractivity contribution is 8.05. The van der Waals surface area contributed by atoms with Crippen LogP contribution in [0.25, 0.3) is 0 Å². The number of rotatable bonds is 1. The van der Waals surface area contributed by atoms with Crippen LogP contribution in [0.1, 0.15) is 5.56 Å². The molecular formula is C13H11BOP+. The summed E-state index contributed by atoms with van der Waals surface area (Å²) in [5.74, 6) is 0. The van der Waals surface area contributed by atoms with Gasteiger partial charge in [0.1, 0.15) is 17.2 Å². The molecule has 0 bridgehead atoms. The Morgan fingerprint density at radius 3 is 2.44 bits per heavy atom. The Morgan fingerprint density at radius 1 is 0.938 bits per heavy atom. The molecular weight excluding hydrogens is 214 g/mol. The molecule has 16 heavy (non-hydrogen) atoms. The molecule has 1 atom stereocenters. The minimum atomic E-state index is -2.06. The monoisotopic (exact) mass is 225 g/mol. The van der Waals surface area contributed by atoms with Crippen LogP contribution in [0.2, 0.25) is 0 Å². The van der Waals surface area contributed by atoms with E-state index in [0.29, 0.717) is 6.61 Å². The first kappa shape index (κ1) is 10.1. The summed E-state index contributed by atoms with van der Waals surface area (Å²) in [5.41, 5.74) is 1.22. The fraction of sp³-hybridized carbons (Fsp3) is 0.0769. The third kappa shape index (κ3) is 1.42. The van der Waals surface area contributed by atoms with Crippen molar-refractivity contribution in [2.45, 2.75) is 6.61 Å². The highest BCUT2D eigenvalue weighted by Crippen LogP contribution is 2.57. The summed E-state index contributed by atoms with van der Waals surface area (Å²) in [6.45, 7) is 0.634. The van der Waals surface area contributed by atoms with E-state index in [0.717, 1.165) is 5.30 Å². The number of hydrogen-bond acceptors (Lipinski definition) is 1. The first-order valence-electron chi connectivity index (χ1n) is 5.27. The van der Waals surface area contributed by atoms with Gasteiger partial charge in [-0.05, 0) is 18.2 Å². The second kappa shape index (κ2) is 3.73. The molecule has 0 aliphatic carbocycles. The standard InChI is InChI=1S/C13H11BOP/c14-16(12-7-2-1-3-8-12)13-9-5-4-6-11(13)10-15-16/h1-9H,10H2/q+1. The fourth-order valence-electron chi connectivity index (χ4n) is 2.06. The van der Waals surface area contributed by atoms with Crippen LogP contribution in [-0.2, 0) is 11.1 Å². The van der Waals surface area contributed by atoms with Gasteiger partial charge in [0.25, 0.3) is 0 Å². The van der Waals surface area contributed by atoms with Gasteiger partial charge in [0, 0.05) is 5.56 Å². The largest absolute Gasteiger partial charge is 0.415 e. The predicted molar refractivity (Wildman–Crippen MR) is 69.6 cm³/mol. The summed E-state index contributed by atoms with van der Waals surface area (Å²) < 4.78 is 5.89. The minimum Gasteiger partial charge on any atom is -0.241 e. The van der Waals surface area contributed by atoms with E-state index in [4.69, 9.17) is 12.1 Å². The highest BCUT2D eigenvalue weighted by Gasteiger charge is 2.46. The molecule has 2 radical (unpaired) electrons. The van der Waals surface area contributed by atoms with Gasteiger partial charge in [0.2, 0.25) is 0 Å². The van der Waals surface area contributed by atoms with E-state index >= 15 is 0 Å². The van der Waals surface area contributed by atoms with Crippen molar-refractivity contribution in [3.8, 4) is 0 Å². The van der Waals surface area contributed by atoms with Gasteiger partial charge in [-0.2, -0.15) is 0 Å². The Morgan fingerprint density at radius 2 is 1.62 bits per heavy atom. The quantitative estimate of drug-likeness (QED) is 0.533. The summed E-state index contributed by atoms with van der Waals surface area (Å²) >= 11 is 0. The molecule has 0 spiro atoms. The molecule has 1 aliphatic rings. The summed E-state index contributed by atoms with van der Waals surface area (Å²) in [5, 5.41) is 2.29. The van der Waals surface area contributed by atoms with Gasteiger partial charge in [0.15, 0.2) is 7.37 Å². The van der Waals surface area contributed by atoms with Crippen molar-refractivity contribution in [1.29, 1.82) is 0 Å². The van der Waals surface area contributed by atoms with Crippen LogP contribution in [0.4, 0.5) is 0 Å². The van der Waals surface area contributed by atoms with Crippen LogP contribution >= 0.6 is 7.37 Å². The molecule has 1 nitrogen and oxygen atoms in total. The Kier molecular flexibility index (Phi) is 2.35. The Hall–Kier alpha value is -1.11. The van der Waals surface area contributed by atoms with Gasteiger partial charge in [-0.15, -0.1) is 0 Å². The minimum absolute atomic E-state index is 0.634. The molecule has 0 saturated carbocycles. The molecule has 1 aliphatic heterocycles. The first-order chi connectivity index (χ1) is 7.81. The molecule has 2 aromatic rings. The molecule has 1 heterocycles. The summed E-state index contributed by atoms with van der Waals surface area (Å²) in [6.07, 6.45) is 0. The van der Waals surface area contributed by atoms with Crippen molar-refractivity contribution in [3.05, 3.63) is 60.2 Å². The van der Waals surface area contributed by atoms with Crippen molar-refractivity contribution < 1.29 is 4.52 Å². The van der Waals surface area contributed by atoms with Crippen LogP contribution in [0.3, 0.4) is 0 Å². The third-order valence-electron chi connectivity index (χ3n) is 2.91. The van der Waals surface area contributed by atoms with Crippen molar-refractivity contribution in [1.82, 2.24) is 0 Å². The predicted octanol–water partition coefficient (Wildman–Crippen LogP) is 2.18. The lowest BCUT2D eigenvalue weighted by atomic mass is 10.2. The summed E-state index contributed by atoms with van der Waals surface area (Å²) in [6, 6.07) is 18.3. The van der Waals surface area contributed by atoms with Crippen LogP contribution in [0, 0.1) is 0 Å². The molecule has 0 saturated heterocycles. The van der Waals surface area contributed by atoms with E-state index < -0.39 is 7.37 Å². The van der Waals surface area contributed by atoms with E-state index in [1.165, 1.54) is 10.9 Å². The Bertz CT molecular complexity index is 514. The average Bonchev–Trinajstić information content (AvgIpc) is 2.71. The molecule has 0 fully saturated rings. The van der Waals surface area contributed by atoms with E-state index in [9.17, 15) is 0 Å². The van der Waals surface area contributed by atoms with Gasteiger partial charge >= 0.3 is 7.57 Å². The average molecular weight is 225 g/mol. The van der Waals surface area contributed by atoms with Crippen LogP contribution < -0.4 is 10.6 Å². The number of fused-ring (bicyclic) bond motifs is 1. The van der Waals surface area contributed by atoms with Gasteiger partial charge in [-0.25, -0.2) is 4.52 Å². The molecule has 0 aromatic heterocycles. The van der Waals surface area contributed by atoms with Gasteiger partial charge in [-0.3, -0.25) is 0 Å². The van der Waals surface area contributed by atoms with Crippen molar-refractivity contribution in [2.75, 3.05) is 0 Å². The summed E-state index contributed by atoms with van der Waals surface area (Å²) in [7, 11) is 4.42. The lowest BCUT2D eigenvalue weighted by Crippen LogP contribution is -2.20. The Balaban J connectivity index is 2.15. The lowest BCUT2D eigenvalue weighted by molar-refractivity contribution is 0.360. The number of hydrogen-bond donors (Lipinski definition) is 0. The normalized spacial score (nSPS) is 23.0. The smallest absolute Gasteiger partial charge is 0.241 e. The zero-order chi connectivity index (χ0) is 11.0. The maximum atomic E-state index is 6.48. The van der Waals surface area contributed by atoms with Crippen molar-refractivity contribution >= 4 is 25.5 Å². The van der Waals surface area contributed by atoms with Gasteiger partial charge < -0.3 is 0 Å². The first-order valence-corrected chi connectivity index (χ1v) is 7.04. The van der Waals surface area contributed by atoms with Crippen molar-refractivity contribution in [3.63, 3.8) is 0 Å². The molecule has 1 unspecified atom stereocenters. The van der Waals surface area contributed by atoms with Crippen LogP contribution in [-0.4, -0.2) is 7.57 Å². The lowest BCUT2D eigenvalue weighted by Gasteiger charge is -2.15. The van der Waals surface area contributed by atoms with E-state index in [1.54, 1.807) is 0 Å². The molecule has 3 rings (SSSR count). The highest BCUT2D eigenvalue weighted by atomic mass is 31.2. The zero-order valence-corrected chi connectivity index (χ0v) is 9.73. The van der Waals surface area contributed by atoms with Crippen LogP contribution in [0.15, 0.2) is 54.6 Å². The molecule has 76 valence electrons. The molecule has 0 N–H and O–H groups in total. The Labute approximate surface area is 97.2 Å². The SMILES string of the molecule is [B][P+]1(c2ccccc2)OCc2ccccc21. The zero-order valence-electron chi connectivity index (χ0n) is 8.84. The second-order valence-corrected chi connectivity index (χ2v) is 6.47. The van der Waals surface area contributed by atoms with Crippen LogP contribution in [0.5, 0.6) is 0 Å².